The molecule has 19 rings (SSSR count). The van der Waals surface area contributed by atoms with Crippen molar-refractivity contribution in [2.75, 3.05) is 0 Å². The maximum atomic E-state index is 5.47. The number of fused-ring (bicyclic) bond motifs is 16. The average Bonchev–Trinajstić information content (AvgIpc) is 1.57. The van der Waals surface area contributed by atoms with Gasteiger partial charge in [-0.1, -0.05) is 214 Å². The van der Waals surface area contributed by atoms with Crippen molar-refractivity contribution in [1.29, 1.82) is 0 Å². The van der Waals surface area contributed by atoms with Crippen molar-refractivity contribution >= 4 is 87.2 Å². The molecule has 426 valence electrons. The van der Waals surface area contributed by atoms with Crippen LogP contribution in [0.5, 0.6) is 0 Å². The minimum Gasteiger partial charge on any atom is -0.309 e. The molecule has 0 spiro atoms. The van der Waals surface area contributed by atoms with E-state index in [1.54, 1.807) is 0 Å². The molecule has 0 bridgehead atoms. The molecule has 1 aliphatic rings. The van der Waals surface area contributed by atoms with Crippen LogP contribution in [0, 0.1) is 0 Å². The topological polar surface area (TPSA) is 45.5 Å². The summed E-state index contributed by atoms with van der Waals surface area (Å²) in [5.74, 6) is 0.622. The highest BCUT2D eigenvalue weighted by Gasteiger charge is 2.36. The standard InChI is InChI=1S/C85H56N6/c1-85(2)72-42-36-55(57-38-44-78-68(48-57)65-41-40-64-62-32-18-21-35-77(62)89(60-28-14-6-15-29-60)82(64)83(65)90(78)61-30-16-7-17-31-61)46-66(72)67-47-56(37-43-73(67)85)58-39-45-79-69(49-58)71-51-80-70(63-33-19-20-34-76(63)88(80)59-26-12-5-13-27-59)50-81(71)91(79)84-86-74(53-22-8-3-9-23-53)52-75(87-84)54-24-10-4-11-25-54/h3-52H,1-2H3. The van der Waals surface area contributed by atoms with Crippen molar-refractivity contribution in [3.63, 3.8) is 0 Å². The van der Waals surface area contributed by atoms with Gasteiger partial charge >= 0.3 is 0 Å². The van der Waals surface area contributed by atoms with E-state index in [-0.39, 0.29) is 5.41 Å². The minimum atomic E-state index is -0.204. The van der Waals surface area contributed by atoms with Crippen LogP contribution in [0.25, 0.3) is 166 Å². The molecule has 0 radical (unpaired) electrons. The molecular formula is C85H56N6. The molecule has 5 heterocycles. The molecule has 13 aromatic carbocycles. The summed E-state index contributed by atoms with van der Waals surface area (Å²) in [6.45, 7) is 4.76. The molecular weight excluding hydrogens is 1100 g/mol. The highest BCUT2D eigenvalue weighted by molar-refractivity contribution is 6.24. The summed E-state index contributed by atoms with van der Waals surface area (Å²) in [5, 5.41) is 9.53. The third-order valence-electron chi connectivity index (χ3n) is 19.6. The number of benzene rings is 13. The summed E-state index contributed by atoms with van der Waals surface area (Å²) < 4.78 is 9.66. The molecule has 6 nitrogen and oxygen atoms in total. The molecule has 0 N–H and O–H groups in total. The van der Waals surface area contributed by atoms with E-state index >= 15 is 0 Å². The zero-order valence-electron chi connectivity index (χ0n) is 50.1. The first-order chi connectivity index (χ1) is 44.9. The summed E-state index contributed by atoms with van der Waals surface area (Å²) >= 11 is 0. The Bertz CT molecular complexity index is 5950. The first kappa shape index (κ1) is 51.2. The second kappa shape index (κ2) is 19.6. The number of nitrogens with zero attached hydrogens (tertiary/aromatic N) is 6. The summed E-state index contributed by atoms with van der Waals surface area (Å²) in [6.07, 6.45) is 0. The summed E-state index contributed by atoms with van der Waals surface area (Å²) in [5.41, 5.74) is 26.0. The van der Waals surface area contributed by atoms with Crippen molar-refractivity contribution in [2.45, 2.75) is 19.3 Å². The lowest BCUT2D eigenvalue weighted by Crippen LogP contribution is -2.14. The molecule has 1 aliphatic carbocycles. The molecule has 0 saturated heterocycles. The van der Waals surface area contributed by atoms with Crippen molar-refractivity contribution in [1.82, 2.24) is 28.2 Å². The lowest BCUT2D eigenvalue weighted by atomic mass is 9.82. The van der Waals surface area contributed by atoms with Gasteiger partial charge in [0.15, 0.2) is 0 Å². The zero-order valence-corrected chi connectivity index (χ0v) is 50.1. The normalized spacial score (nSPS) is 12.8. The Morgan fingerprint density at radius 2 is 0.593 bits per heavy atom. The third kappa shape index (κ3) is 7.66. The van der Waals surface area contributed by atoms with Crippen molar-refractivity contribution < 1.29 is 0 Å². The van der Waals surface area contributed by atoms with Gasteiger partial charge in [-0.3, -0.25) is 4.57 Å². The second-order valence-electron chi connectivity index (χ2n) is 24.9. The average molecular weight is 1160 g/mol. The largest absolute Gasteiger partial charge is 0.309 e. The smallest absolute Gasteiger partial charge is 0.235 e. The van der Waals surface area contributed by atoms with Gasteiger partial charge in [0.05, 0.1) is 55.5 Å². The maximum absolute atomic E-state index is 5.47. The van der Waals surface area contributed by atoms with E-state index < -0.39 is 0 Å². The second-order valence-corrected chi connectivity index (χ2v) is 24.9. The number of para-hydroxylation sites is 5. The van der Waals surface area contributed by atoms with Crippen LogP contribution in [0.15, 0.2) is 303 Å². The highest BCUT2D eigenvalue weighted by Crippen LogP contribution is 2.52. The SMILES string of the molecule is CC1(C)c2ccc(-c3ccc4c(c3)c3cc5c(cc3n4-c3nc(-c4ccccc4)cc(-c4ccccc4)n3)c3ccccc3n5-c3ccccc3)cc2-c2cc(-c3ccc4c(c3)c3ccc5c6ccccc6n(-c6ccccc6)c5c3n4-c3ccccc3)ccc21. The van der Waals surface area contributed by atoms with E-state index in [4.69, 9.17) is 9.97 Å². The van der Waals surface area contributed by atoms with Gasteiger partial charge < -0.3 is 13.7 Å². The van der Waals surface area contributed by atoms with Crippen LogP contribution in [0.4, 0.5) is 0 Å². The molecule has 0 unspecified atom stereocenters. The van der Waals surface area contributed by atoms with Crippen molar-refractivity contribution in [3.8, 4) is 78.9 Å². The zero-order chi connectivity index (χ0) is 60.1. The lowest BCUT2D eigenvalue weighted by Gasteiger charge is -2.21. The van der Waals surface area contributed by atoms with Crippen LogP contribution in [-0.2, 0) is 5.41 Å². The van der Waals surface area contributed by atoms with Gasteiger partial charge in [-0.15, -0.1) is 0 Å². The third-order valence-corrected chi connectivity index (χ3v) is 19.6. The Labute approximate surface area is 525 Å². The summed E-state index contributed by atoms with van der Waals surface area (Å²) in [4.78, 5) is 10.9. The first-order valence-electron chi connectivity index (χ1n) is 31.4. The molecule has 91 heavy (non-hydrogen) atoms. The molecule has 5 aromatic heterocycles. The monoisotopic (exact) mass is 1160 g/mol. The van der Waals surface area contributed by atoms with Gasteiger partial charge in [0, 0.05) is 76.7 Å². The fourth-order valence-corrected chi connectivity index (χ4v) is 15.3. The first-order valence-corrected chi connectivity index (χ1v) is 31.4. The van der Waals surface area contributed by atoms with Crippen LogP contribution in [-0.4, -0.2) is 28.2 Å². The van der Waals surface area contributed by atoms with Crippen LogP contribution in [0.2, 0.25) is 0 Å². The molecule has 6 heteroatoms. The van der Waals surface area contributed by atoms with E-state index in [9.17, 15) is 0 Å². The van der Waals surface area contributed by atoms with E-state index in [1.165, 1.54) is 87.8 Å². The number of hydrogen-bond donors (Lipinski definition) is 0. The molecule has 0 aliphatic heterocycles. The van der Waals surface area contributed by atoms with E-state index in [0.717, 1.165) is 83.5 Å². The fourth-order valence-electron chi connectivity index (χ4n) is 15.3. The molecule has 0 amide bonds. The van der Waals surface area contributed by atoms with E-state index in [2.05, 4.69) is 335 Å². The van der Waals surface area contributed by atoms with Crippen molar-refractivity contribution in [3.05, 3.63) is 314 Å². The van der Waals surface area contributed by atoms with Crippen LogP contribution < -0.4 is 0 Å². The fraction of sp³-hybridized carbons (Fsp3) is 0.0353. The van der Waals surface area contributed by atoms with Gasteiger partial charge in [-0.25, -0.2) is 9.97 Å². The summed E-state index contributed by atoms with van der Waals surface area (Å²) in [6, 6.07) is 111. The van der Waals surface area contributed by atoms with Crippen LogP contribution >= 0.6 is 0 Å². The van der Waals surface area contributed by atoms with Crippen LogP contribution in [0.3, 0.4) is 0 Å². The maximum Gasteiger partial charge on any atom is 0.235 e. The number of aromatic nitrogens is 6. The predicted molar refractivity (Wildman–Crippen MR) is 379 cm³/mol. The van der Waals surface area contributed by atoms with Crippen LogP contribution in [0.1, 0.15) is 25.0 Å². The Morgan fingerprint density at radius 3 is 1.11 bits per heavy atom. The number of rotatable bonds is 8. The summed E-state index contributed by atoms with van der Waals surface area (Å²) in [7, 11) is 0. The predicted octanol–water partition coefficient (Wildman–Crippen LogP) is 21.8. The molecule has 0 atom stereocenters. The Morgan fingerprint density at radius 1 is 0.242 bits per heavy atom. The van der Waals surface area contributed by atoms with Crippen molar-refractivity contribution in [2.24, 2.45) is 0 Å². The van der Waals surface area contributed by atoms with E-state index in [1.807, 2.05) is 0 Å². The highest BCUT2D eigenvalue weighted by atomic mass is 15.2. The van der Waals surface area contributed by atoms with Gasteiger partial charge in [-0.05, 0) is 148 Å². The van der Waals surface area contributed by atoms with Gasteiger partial charge in [0.1, 0.15) is 0 Å². The molecule has 18 aromatic rings. The quantitative estimate of drug-likeness (QED) is 0.152. The van der Waals surface area contributed by atoms with Gasteiger partial charge in [0.2, 0.25) is 5.95 Å². The Kier molecular flexibility index (Phi) is 11.0. The molecule has 0 saturated carbocycles. The van der Waals surface area contributed by atoms with Gasteiger partial charge in [0.25, 0.3) is 0 Å². The Hall–Kier alpha value is -11.9. The van der Waals surface area contributed by atoms with E-state index in [0.29, 0.717) is 5.95 Å². The Balaban J connectivity index is 0.792. The number of hydrogen-bond acceptors (Lipinski definition) is 2. The van der Waals surface area contributed by atoms with Gasteiger partial charge in [-0.2, -0.15) is 0 Å². The minimum absolute atomic E-state index is 0.204. The molecule has 0 fully saturated rings. The lowest BCUT2D eigenvalue weighted by molar-refractivity contribution is 0.660.